The predicted octanol–water partition coefficient (Wildman–Crippen LogP) is 2.88. The van der Waals surface area contributed by atoms with E-state index in [4.69, 9.17) is 14.3 Å². The Hall–Kier alpha value is -2.19. The summed E-state index contributed by atoms with van der Waals surface area (Å²) in [5, 5.41) is 6.57. The first-order chi connectivity index (χ1) is 12.0. The molecule has 0 fully saturated rings. The Morgan fingerprint density at radius 3 is 2.56 bits per heavy atom. The van der Waals surface area contributed by atoms with Crippen molar-refractivity contribution in [1.29, 1.82) is 0 Å². The van der Waals surface area contributed by atoms with Gasteiger partial charge in [-0.1, -0.05) is 18.2 Å². The zero-order valence-electron chi connectivity index (χ0n) is 15.3. The number of hydrogen-bond acceptors (Lipinski definition) is 8. The standard InChI is InChI=1S/C17H24N2O5S/c1-11(15(22-4)9-16(20)23-5)14(21-3)8-7-13-10-25-17(18-13)12(2)19-24-6/h7-11,14H,1-6H3/b8-7+,15-9+,19-12+/t11-,14+/m1/s1. The minimum absolute atomic E-state index is 0.180. The van der Waals surface area contributed by atoms with Gasteiger partial charge in [0.15, 0.2) is 0 Å². The van der Waals surface area contributed by atoms with Crippen LogP contribution < -0.4 is 0 Å². The molecule has 0 radical (unpaired) electrons. The molecule has 1 aromatic rings. The maximum atomic E-state index is 11.4. The van der Waals surface area contributed by atoms with Crippen molar-refractivity contribution >= 4 is 29.1 Å². The largest absolute Gasteiger partial charge is 0.500 e. The van der Waals surface area contributed by atoms with Gasteiger partial charge in [0, 0.05) is 18.4 Å². The van der Waals surface area contributed by atoms with Crippen molar-refractivity contribution in [1.82, 2.24) is 4.98 Å². The Labute approximate surface area is 151 Å². The van der Waals surface area contributed by atoms with Gasteiger partial charge in [-0.15, -0.1) is 11.3 Å². The molecule has 0 unspecified atom stereocenters. The lowest BCUT2D eigenvalue weighted by atomic mass is 10.0. The first-order valence-electron chi connectivity index (χ1n) is 7.55. The second-order valence-electron chi connectivity index (χ2n) is 5.06. The van der Waals surface area contributed by atoms with Crippen molar-refractivity contribution in [2.24, 2.45) is 11.1 Å². The molecule has 0 spiro atoms. The molecule has 0 bridgehead atoms. The van der Waals surface area contributed by atoms with E-state index in [1.54, 1.807) is 7.11 Å². The lowest BCUT2D eigenvalue weighted by molar-refractivity contribution is -0.135. The number of nitrogens with zero attached hydrogens (tertiary/aromatic N) is 2. The summed E-state index contributed by atoms with van der Waals surface area (Å²) in [5.74, 6) is -0.176. The molecule has 0 aromatic carbocycles. The second-order valence-corrected chi connectivity index (χ2v) is 5.92. The quantitative estimate of drug-likeness (QED) is 0.219. The molecule has 0 saturated heterocycles. The number of ether oxygens (including phenoxy) is 3. The smallest absolute Gasteiger partial charge is 0.333 e. The molecule has 0 N–H and O–H groups in total. The molecule has 25 heavy (non-hydrogen) atoms. The Balaban J connectivity index is 2.90. The van der Waals surface area contributed by atoms with Crippen LogP contribution in [-0.2, 0) is 23.8 Å². The van der Waals surface area contributed by atoms with Crippen LogP contribution in [-0.4, -0.2) is 51.2 Å². The van der Waals surface area contributed by atoms with Crippen molar-refractivity contribution in [3.63, 3.8) is 0 Å². The summed E-state index contributed by atoms with van der Waals surface area (Å²) in [4.78, 5) is 20.6. The molecular formula is C17H24N2O5S. The van der Waals surface area contributed by atoms with E-state index in [1.807, 2.05) is 31.4 Å². The maximum absolute atomic E-state index is 11.4. The Morgan fingerprint density at radius 1 is 1.28 bits per heavy atom. The summed E-state index contributed by atoms with van der Waals surface area (Å²) < 4.78 is 15.4. The number of thiazole rings is 1. The highest BCUT2D eigenvalue weighted by atomic mass is 32.1. The number of methoxy groups -OCH3 is 3. The van der Waals surface area contributed by atoms with Gasteiger partial charge in [0.1, 0.15) is 23.6 Å². The third-order valence-corrected chi connectivity index (χ3v) is 4.40. The summed E-state index contributed by atoms with van der Waals surface area (Å²) in [7, 11) is 5.92. The van der Waals surface area contributed by atoms with Gasteiger partial charge >= 0.3 is 5.97 Å². The molecular weight excluding hydrogens is 344 g/mol. The normalized spacial score (nSPS) is 15.1. The van der Waals surface area contributed by atoms with Gasteiger partial charge in [-0.25, -0.2) is 9.78 Å². The van der Waals surface area contributed by atoms with Crippen LogP contribution in [0, 0.1) is 5.92 Å². The summed E-state index contributed by atoms with van der Waals surface area (Å²) in [6.45, 7) is 3.73. The number of carbonyl (C=O) groups is 1. The fourth-order valence-corrected chi connectivity index (χ4v) is 2.79. The number of carbonyl (C=O) groups excluding carboxylic acids is 1. The van der Waals surface area contributed by atoms with Gasteiger partial charge < -0.3 is 19.0 Å². The van der Waals surface area contributed by atoms with E-state index in [9.17, 15) is 4.79 Å². The lowest BCUT2D eigenvalue weighted by Crippen LogP contribution is -2.21. The van der Waals surface area contributed by atoms with Crippen LogP contribution in [0.4, 0.5) is 0 Å². The maximum Gasteiger partial charge on any atom is 0.333 e. The molecule has 138 valence electrons. The molecule has 8 heteroatoms. The second kappa shape index (κ2) is 10.6. The van der Waals surface area contributed by atoms with Crippen molar-refractivity contribution in [3.8, 4) is 0 Å². The zero-order chi connectivity index (χ0) is 18.8. The van der Waals surface area contributed by atoms with Gasteiger partial charge in [-0.05, 0) is 13.0 Å². The van der Waals surface area contributed by atoms with Crippen LogP contribution in [0.25, 0.3) is 6.08 Å². The highest BCUT2D eigenvalue weighted by Gasteiger charge is 2.20. The SMILES string of the molecule is CO/N=C(\C)c1nc(/C=C/[C@H](OC)[C@@H](C)/C(=C\C(=O)OC)OC)cs1. The topological polar surface area (TPSA) is 79.2 Å². The minimum Gasteiger partial charge on any atom is -0.500 e. The van der Waals surface area contributed by atoms with Crippen LogP contribution in [0.5, 0.6) is 0 Å². The Kier molecular flexibility index (Phi) is 8.87. The number of rotatable bonds is 9. The third-order valence-electron chi connectivity index (χ3n) is 3.43. The number of hydrogen-bond donors (Lipinski definition) is 0. The minimum atomic E-state index is -0.473. The molecule has 1 rings (SSSR count). The number of oxime groups is 1. The van der Waals surface area contributed by atoms with Crippen molar-refractivity contribution in [2.75, 3.05) is 28.4 Å². The number of aromatic nitrogens is 1. The monoisotopic (exact) mass is 368 g/mol. The van der Waals surface area contributed by atoms with E-state index >= 15 is 0 Å². The van der Waals surface area contributed by atoms with Crippen molar-refractivity contribution in [2.45, 2.75) is 20.0 Å². The zero-order valence-corrected chi connectivity index (χ0v) is 16.1. The summed E-state index contributed by atoms with van der Waals surface area (Å²) in [5.41, 5.74) is 1.50. The van der Waals surface area contributed by atoms with Crippen LogP contribution in [0.2, 0.25) is 0 Å². The molecule has 7 nitrogen and oxygen atoms in total. The molecule has 0 aliphatic carbocycles. The molecule has 0 aliphatic rings. The van der Waals surface area contributed by atoms with Gasteiger partial charge in [0.2, 0.25) is 0 Å². The van der Waals surface area contributed by atoms with Crippen LogP contribution in [0.3, 0.4) is 0 Å². The molecule has 2 atom stereocenters. The molecule has 1 aromatic heterocycles. The van der Waals surface area contributed by atoms with Crippen molar-refractivity contribution < 1.29 is 23.8 Å². The Bertz CT molecular complexity index is 651. The fraction of sp³-hybridized carbons (Fsp3) is 0.471. The highest BCUT2D eigenvalue weighted by molar-refractivity contribution is 7.11. The van der Waals surface area contributed by atoms with E-state index in [1.165, 1.54) is 38.7 Å². The van der Waals surface area contributed by atoms with Crippen molar-refractivity contribution in [3.05, 3.63) is 34.0 Å². The van der Waals surface area contributed by atoms with E-state index in [2.05, 4.69) is 14.9 Å². The molecule has 0 amide bonds. The van der Waals surface area contributed by atoms with Crippen LogP contribution >= 0.6 is 11.3 Å². The average Bonchev–Trinajstić information content (AvgIpc) is 3.09. The van der Waals surface area contributed by atoms with E-state index in [0.29, 0.717) is 11.5 Å². The van der Waals surface area contributed by atoms with E-state index < -0.39 is 5.97 Å². The van der Waals surface area contributed by atoms with Gasteiger partial charge in [-0.2, -0.15) is 0 Å². The first kappa shape index (κ1) is 20.9. The highest BCUT2D eigenvalue weighted by Crippen LogP contribution is 2.21. The van der Waals surface area contributed by atoms with Gasteiger partial charge in [-0.3, -0.25) is 0 Å². The predicted molar refractivity (Wildman–Crippen MR) is 97.4 cm³/mol. The summed E-state index contributed by atoms with van der Waals surface area (Å²) in [6, 6.07) is 0. The fourth-order valence-electron chi connectivity index (χ4n) is 2.06. The number of esters is 1. The first-order valence-corrected chi connectivity index (χ1v) is 8.42. The molecule has 1 heterocycles. The third kappa shape index (κ3) is 6.32. The molecule has 0 aliphatic heterocycles. The summed E-state index contributed by atoms with van der Waals surface area (Å²) in [6.07, 6.45) is 4.75. The van der Waals surface area contributed by atoms with E-state index in [0.717, 1.165) is 10.7 Å². The van der Waals surface area contributed by atoms with Gasteiger partial charge in [0.25, 0.3) is 0 Å². The average molecular weight is 368 g/mol. The van der Waals surface area contributed by atoms with Crippen LogP contribution in [0.1, 0.15) is 24.5 Å². The summed E-state index contributed by atoms with van der Waals surface area (Å²) >= 11 is 1.48. The van der Waals surface area contributed by atoms with Gasteiger partial charge in [0.05, 0.1) is 32.1 Å². The molecule has 0 saturated carbocycles. The van der Waals surface area contributed by atoms with E-state index in [-0.39, 0.29) is 12.0 Å². The van der Waals surface area contributed by atoms with Crippen LogP contribution in [0.15, 0.2) is 28.4 Å². The lowest BCUT2D eigenvalue weighted by Gasteiger charge is -2.21. The Morgan fingerprint density at radius 2 is 2.00 bits per heavy atom.